The van der Waals surface area contributed by atoms with E-state index in [0.29, 0.717) is 12.1 Å². The summed E-state index contributed by atoms with van der Waals surface area (Å²) in [5.41, 5.74) is 1.13. The van der Waals surface area contributed by atoms with E-state index in [0.717, 1.165) is 25.2 Å². The minimum Gasteiger partial charge on any atom is -0.341 e. The standard InChI is InChI=1S/C16H28N4O/c1-5-19(6-2)16(21)13(4)20-11-17-10-15(20)14-9-7-8-12(3)18-14/h10-14,18H,5-9H2,1-4H3. The van der Waals surface area contributed by atoms with Crippen LogP contribution in [0.4, 0.5) is 0 Å². The molecule has 1 aromatic heterocycles. The lowest BCUT2D eigenvalue weighted by molar-refractivity contribution is -0.133. The van der Waals surface area contributed by atoms with Crippen molar-refractivity contribution in [2.75, 3.05) is 13.1 Å². The maximum absolute atomic E-state index is 12.6. The highest BCUT2D eigenvalue weighted by molar-refractivity contribution is 5.80. The summed E-state index contributed by atoms with van der Waals surface area (Å²) < 4.78 is 2.04. The van der Waals surface area contributed by atoms with Gasteiger partial charge in [0.25, 0.3) is 0 Å². The fourth-order valence-electron chi connectivity index (χ4n) is 3.20. The van der Waals surface area contributed by atoms with E-state index in [4.69, 9.17) is 0 Å². The van der Waals surface area contributed by atoms with E-state index >= 15 is 0 Å². The third-order valence-electron chi connectivity index (χ3n) is 4.52. The van der Waals surface area contributed by atoms with Gasteiger partial charge in [0, 0.05) is 31.4 Å². The minimum atomic E-state index is -0.193. The SMILES string of the molecule is CCN(CC)C(=O)C(C)n1cncc1C1CCCC(C)N1. The van der Waals surface area contributed by atoms with E-state index in [2.05, 4.69) is 17.2 Å². The number of carbonyl (C=O) groups excluding carboxylic acids is 1. The lowest BCUT2D eigenvalue weighted by Gasteiger charge is -2.31. The van der Waals surface area contributed by atoms with Crippen molar-refractivity contribution in [3.63, 3.8) is 0 Å². The highest BCUT2D eigenvalue weighted by atomic mass is 16.2. The Labute approximate surface area is 127 Å². The number of hydrogen-bond acceptors (Lipinski definition) is 3. The van der Waals surface area contributed by atoms with Crippen LogP contribution in [0, 0.1) is 0 Å². The second kappa shape index (κ2) is 7.07. The summed E-state index contributed by atoms with van der Waals surface area (Å²) in [6, 6.07) is 0.644. The predicted molar refractivity (Wildman–Crippen MR) is 84.1 cm³/mol. The Balaban J connectivity index is 2.17. The van der Waals surface area contributed by atoms with Gasteiger partial charge in [-0.1, -0.05) is 0 Å². The molecule has 118 valence electrons. The van der Waals surface area contributed by atoms with Crippen LogP contribution in [0.1, 0.15) is 64.7 Å². The fourth-order valence-corrected chi connectivity index (χ4v) is 3.20. The highest BCUT2D eigenvalue weighted by Crippen LogP contribution is 2.27. The van der Waals surface area contributed by atoms with Crippen LogP contribution in [-0.4, -0.2) is 39.5 Å². The van der Waals surface area contributed by atoms with Gasteiger partial charge in [-0.2, -0.15) is 0 Å². The van der Waals surface area contributed by atoms with Gasteiger partial charge in [0.05, 0.1) is 12.0 Å². The molecule has 0 spiro atoms. The molecule has 0 saturated carbocycles. The number of hydrogen-bond donors (Lipinski definition) is 1. The van der Waals surface area contributed by atoms with Crippen molar-refractivity contribution in [1.29, 1.82) is 0 Å². The first-order valence-corrected chi connectivity index (χ1v) is 8.15. The molecule has 2 heterocycles. The van der Waals surface area contributed by atoms with Gasteiger partial charge >= 0.3 is 0 Å². The number of nitrogens with zero attached hydrogens (tertiary/aromatic N) is 3. The van der Waals surface area contributed by atoms with Gasteiger partial charge in [-0.3, -0.25) is 4.79 Å². The number of piperidine rings is 1. The lowest BCUT2D eigenvalue weighted by Crippen LogP contribution is -2.39. The number of rotatable bonds is 5. The average molecular weight is 292 g/mol. The smallest absolute Gasteiger partial charge is 0.245 e. The largest absolute Gasteiger partial charge is 0.341 e. The molecule has 1 amide bonds. The molecule has 1 saturated heterocycles. The molecule has 1 aliphatic rings. The molecule has 21 heavy (non-hydrogen) atoms. The van der Waals surface area contributed by atoms with E-state index in [1.807, 2.05) is 36.4 Å². The number of amides is 1. The first kappa shape index (κ1) is 16.0. The molecule has 1 aromatic rings. The summed E-state index contributed by atoms with van der Waals surface area (Å²) in [5.74, 6) is 0.170. The summed E-state index contributed by atoms with van der Waals surface area (Å²) >= 11 is 0. The Morgan fingerprint density at radius 3 is 2.81 bits per heavy atom. The number of imidazole rings is 1. The second-order valence-electron chi connectivity index (χ2n) is 5.96. The van der Waals surface area contributed by atoms with E-state index in [1.54, 1.807) is 6.33 Å². The van der Waals surface area contributed by atoms with Gasteiger partial charge in [0.15, 0.2) is 0 Å². The van der Waals surface area contributed by atoms with Crippen molar-refractivity contribution in [2.45, 2.75) is 65.1 Å². The summed E-state index contributed by atoms with van der Waals surface area (Å²) in [6.07, 6.45) is 7.26. The van der Waals surface area contributed by atoms with Crippen molar-refractivity contribution in [3.05, 3.63) is 18.2 Å². The zero-order valence-electron chi connectivity index (χ0n) is 13.7. The van der Waals surface area contributed by atoms with Crippen molar-refractivity contribution in [2.24, 2.45) is 0 Å². The number of carbonyl (C=O) groups is 1. The molecular formula is C16H28N4O. The first-order valence-electron chi connectivity index (χ1n) is 8.15. The Hall–Kier alpha value is -1.36. The zero-order chi connectivity index (χ0) is 15.4. The van der Waals surface area contributed by atoms with Crippen LogP contribution in [0.15, 0.2) is 12.5 Å². The second-order valence-corrected chi connectivity index (χ2v) is 5.96. The van der Waals surface area contributed by atoms with Crippen molar-refractivity contribution >= 4 is 5.91 Å². The number of aromatic nitrogens is 2. The van der Waals surface area contributed by atoms with Gasteiger partial charge < -0.3 is 14.8 Å². The molecule has 5 heteroatoms. The number of nitrogens with one attached hydrogen (secondary N) is 1. The first-order chi connectivity index (χ1) is 10.1. The van der Waals surface area contributed by atoms with E-state index < -0.39 is 0 Å². The molecule has 1 aliphatic heterocycles. The van der Waals surface area contributed by atoms with Gasteiger partial charge in [0.2, 0.25) is 5.91 Å². The number of likely N-dealkylation sites (N-methyl/N-ethyl adjacent to an activating group) is 1. The zero-order valence-corrected chi connectivity index (χ0v) is 13.7. The van der Waals surface area contributed by atoms with Gasteiger partial charge in [-0.15, -0.1) is 0 Å². The van der Waals surface area contributed by atoms with Gasteiger partial charge in [-0.05, 0) is 47.0 Å². The van der Waals surface area contributed by atoms with E-state index in [9.17, 15) is 4.79 Å². The van der Waals surface area contributed by atoms with Gasteiger partial charge in [0.1, 0.15) is 6.04 Å². The van der Waals surface area contributed by atoms with Crippen LogP contribution in [0.25, 0.3) is 0 Å². The van der Waals surface area contributed by atoms with Crippen molar-refractivity contribution < 1.29 is 4.79 Å². The Morgan fingerprint density at radius 2 is 2.19 bits per heavy atom. The topological polar surface area (TPSA) is 50.2 Å². The predicted octanol–water partition coefficient (Wildman–Crippen LogP) is 2.52. The summed E-state index contributed by atoms with van der Waals surface area (Å²) in [6.45, 7) is 9.74. The van der Waals surface area contributed by atoms with Crippen LogP contribution < -0.4 is 5.32 Å². The van der Waals surface area contributed by atoms with Crippen LogP contribution in [0.3, 0.4) is 0 Å². The molecule has 2 rings (SSSR count). The molecule has 5 nitrogen and oxygen atoms in total. The average Bonchev–Trinajstić information content (AvgIpc) is 2.97. The van der Waals surface area contributed by atoms with Gasteiger partial charge in [-0.25, -0.2) is 4.98 Å². The van der Waals surface area contributed by atoms with Crippen LogP contribution in [0.5, 0.6) is 0 Å². The summed E-state index contributed by atoms with van der Waals surface area (Å²) in [5, 5.41) is 3.62. The van der Waals surface area contributed by atoms with E-state index in [1.165, 1.54) is 12.8 Å². The normalized spacial score (nSPS) is 23.8. The molecule has 0 aromatic carbocycles. The summed E-state index contributed by atoms with van der Waals surface area (Å²) in [4.78, 5) is 18.7. The molecule has 0 bridgehead atoms. The molecule has 0 aliphatic carbocycles. The Bertz CT molecular complexity index is 467. The van der Waals surface area contributed by atoms with Crippen molar-refractivity contribution in [3.8, 4) is 0 Å². The molecule has 1 fully saturated rings. The molecule has 3 atom stereocenters. The Morgan fingerprint density at radius 1 is 1.48 bits per heavy atom. The summed E-state index contributed by atoms with van der Waals surface area (Å²) in [7, 11) is 0. The van der Waals surface area contributed by atoms with Crippen LogP contribution in [0.2, 0.25) is 0 Å². The molecular weight excluding hydrogens is 264 g/mol. The highest BCUT2D eigenvalue weighted by Gasteiger charge is 2.27. The maximum Gasteiger partial charge on any atom is 0.245 e. The monoisotopic (exact) mass is 292 g/mol. The quantitative estimate of drug-likeness (QED) is 0.907. The van der Waals surface area contributed by atoms with Crippen molar-refractivity contribution in [1.82, 2.24) is 19.8 Å². The van der Waals surface area contributed by atoms with E-state index in [-0.39, 0.29) is 11.9 Å². The Kier molecular flexibility index (Phi) is 5.39. The maximum atomic E-state index is 12.6. The molecule has 1 N–H and O–H groups in total. The molecule has 3 unspecified atom stereocenters. The van der Waals surface area contributed by atoms with Crippen LogP contribution >= 0.6 is 0 Å². The molecule has 0 radical (unpaired) electrons. The minimum absolute atomic E-state index is 0.170. The lowest BCUT2D eigenvalue weighted by atomic mass is 9.97. The third kappa shape index (κ3) is 3.46. The third-order valence-corrected chi connectivity index (χ3v) is 4.52. The fraction of sp³-hybridized carbons (Fsp3) is 0.750. The van der Waals surface area contributed by atoms with Crippen LogP contribution in [-0.2, 0) is 4.79 Å².